The minimum Gasteiger partial charge on any atom is -0.355 e. The Morgan fingerprint density at radius 2 is 1.76 bits per heavy atom. The zero-order valence-corrected chi connectivity index (χ0v) is 22.0. The Balaban J connectivity index is 1.40. The van der Waals surface area contributed by atoms with E-state index in [1.807, 2.05) is 61.5 Å². The van der Waals surface area contributed by atoms with E-state index < -0.39 is 0 Å². The first-order chi connectivity index (χ1) is 18.1. The van der Waals surface area contributed by atoms with Crippen LogP contribution in [0.1, 0.15) is 54.0 Å². The standard InChI is InChI=1S/C31H31FN4O2/c1-20(21-8-6-5-7-9-21)33-30(38)35(4)24-14-15-25-27(18-24)34-26-16-17-36(19-31(2,3)28(25)26)29(37)22-10-12-23(32)13-11-22/h5-18,20,34H,19H2,1-4H3,(H,33,38)/t20-/m0/s1. The molecule has 0 spiro atoms. The van der Waals surface area contributed by atoms with E-state index in [2.05, 4.69) is 24.1 Å². The summed E-state index contributed by atoms with van der Waals surface area (Å²) in [7, 11) is 1.75. The monoisotopic (exact) mass is 510 g/mol. The average Bonchev–Trinajstić information content (AvgIpc) is 3.23. The number of rotatable bonds is 4. The van der Waals surface area contributed by atoms with Gasteiger partial charge in [0.25, 0.3) is 5.91 Å². The molecule has 1 aliphatic rings. The topological polar surface area (TPSA) is 68.4 Å². The zero-order chi connectivity index (χ0) is 27.0. The lowest BCUT2D eigenvalue weighted by molar-refractivity contribution is 0.0801. The van der Waals surface area contributed by atoms with E-state index in [1.54, 1.807) is 23.0 Å². The third kappa shape index (κ3) is 4.79. The van der Waals surface area contributed by atoms with Crippen LogP contribution in [0.3, 0.4) is 0 Å². The highest BCUT2D eigenvalue weighted by Crippen LogP contribution is 2.38. The van der Waals surface area contributed by atoms with Gasteiger partial charge in [0.15, 0.2) is 0 Å². The minimum absolute atomic E-state index is 0.122. The number of amides is 3. The van der Waals surface area contributed by atoms with Crippen LogP contribution in [0.5, 0.6) is 0 Å². The van der Waals surface area contributed by atoms with Gasteiger partial charge in [0.1, 0.15) is 5.82 Å². The maximum atomic E-state index is 13.3. The molecule has 0 radical (unpaired) electrons. The summed E-state index contributed by atoms with van der Waals surface area (Å²) in [5, 5.41) is 4.09. The maximum absolute atomic E-state index is 13.3. The van der Waals surface area contributed by atoms with Gasteiger partial charge < -0.3 is 15.2 Å². The number of carbonyl (C=O) groups excluding carboxylic acids is 2. The van der Waals surface area contributed by atoms with Crippen LogP contribution in [0.25, 0.3) is 17.0 Å². The SMILES string of the molecule is C[C@H](NC(=O)N(C)c1ccc2c3c([nH]c2c1)C=CN(C(=O)c1ccc(F)cc1)CC3(C)C)c1ccccc1. The molecule has 1 aromatic heterocycles. The second kappa shape index (κ2) is 9.82. The minimum atomic E-state index is -0.372. The molecule has 0 unspecified atom stereocenters. The molecule has 1 aliphatic heterocycles. The Morgan fingerprint density at radius 3 is 2.47 bits per heavy atom. The van der Waals surface area contributed by atoms with E-state index in [4.69, 9.17) is 0 Å². The molecular formula is C31H31FN4O2. The summed E-state index contributed by atoms with van der Waals surface area (Å²) in [5.74, 6) is -0.550. The molecule has 3 aromatic carbocycles. The van der Waals surface area contributed by atoms with E-state index in [0.717, 1.165) is 33.4 Å². The predicted octanol–water partition coefficient (Wildman–Crippen LogP) is 6.62. The number of halogens is 1. The lowest BCUT2D eigenvalue weighted by atomic mass is 9.82. The molecule has 0 aliphatic carbocycles. The molecule has 2 N–H and O–H groups in total. The van der Waals surface area contributed by atoms with Crippen molar-refractivity contribution in [2.45, 2.75) is 32.2 Å². The van der Waals surface area contributed by atoms with Crippen LogP contribution in [-0.4, -0.2) is 35.4 Å². The zero-order valence-electron chi connectivity index (χ0n) is 22.0. The van der Waals surface area contributed by atoms with Gasteiger partial charge >= 0.3 is 6.03 Å². The number of nitrogens with one attached hydrogen (secondary N) is 2. The number of aromatic amines is 1. The molecule has 194 valence electrons. The normalized spacial score (nSPS) is 15.0. The van der Waals surface area contributed by atoms with Crippen LogP contribution in [0.2, 0.25) is 0 Å². The Bertz CT molecular complexity index is 1520. The molecule has 38 heavy (non-hydrogen) atoms. The third-order valence-electron chi connectivity index (χ3n) is 7.16. The summed E-state index contributed by atoms with van der Waals surface area (Å²) in [5.41, 5.74) is 4.81. The van der Waals surface area contributed by atoms with Crippen LogP contribution in [0.4, 0.5) is 14.9 Å². The molecule has 0 bridgehead atoms. The number of hydrogen-bond donors (Lipinski definition) is 2. The van der Waals surface area contributed by atoms with Gasteiger partial charge in [-0.15, -0.1) is 0 Å². The van der Waals surface area contributed by atoms with Gasteiger partial charge in [0.05, 0.1) is 6.04 Å². The lowest BCUT2D eigenvalue weighted by Gasteiger charge is -2.30. The summed E-state index contributed by atoms with van der Waals surface area (Å²) in [4.78, 5) is 32.9. The molecule has 2 heterocycles. The van der Waals surface area contributed by atoms with Gasteiger partial charge in [-0.25, -0.2) is 9.18 Å². The van der Waals surface area contributed by atoms with Crippen molar-refractivity contribution >= 4 is 34.6 Å². The molecule has 7 heteroatoms. The number of urea groups is 1. The van der Waals surface area contributed by atoms with Gasteiger partial charge in [-0.05, 0) is 60.5 Å². The predicted molar refractivity (Wildman–Crippen MR) is 150 cm³/mol. The fourth-order valence-corrected chi connectivity index (χ4v) is 5.11. The number of nitrogens with zero attached hydrogens (tertiary/aromatic N) is 2. The van der Waals surface area contributed by atoms with Crippen molar-refractivity contribution in [2.75, 3.05) is 18.5 Å². The molecule has 6 nitrogen and oxygen atoms in total. The van der Waals surface area contributed by atoms with Gasteiger partial charge in [0, 0.05) is 53.1 Å². The fraction of sp³-hybridized carbons (Fsp3) is 0.226. The van der Waals surface area contributed by atoms with Crippen molar-refractivity contribution < 1.29 is 14.0 Å². The van der Waals surface area contributed by atoms with Crippen molar-refractivity contribution in [2.24, 2.45) is 0 Å². The van der Waals surface area contributed by atoms with Gasteiger partial charge in [-0.3, -0.25) is 9.69 Å². The number of fused-ring (bicyclic) bond motifs is 3. The van der Waals surface area contributed by atoms with E-state index in [0.29, 0.717) is 12.1 Å². The summed E-state index contributed by atoms with van der Waals surface area (Å²) in [6.07, 6.45) is 3.68. The first-order valence-electron chi connectivity index (χ1n) is 12.6. The van der Waals surface area contributed by atoms with E-state index in [-0.39, 0.29) is 29.2 Å². The number of aromatic nitrogens is 1. The Morgan fingerprint density at radius 1 is 1.05 bits per heavy atom. The highest BCUT2D eigenvalue weighted by Gasteiger charge is 2.33. The first-order valence-corrected chi connectivity index (χ1v) is 12.6. The van der Waals surface area contributed by atoms with Gasteiger partial charge in [0.2, 0.25) is 0 Å². The Hall–Kier alpha value is -4.39. The number of hydrogen-bond acceptors (Lipinski definition) is 2. The first kappa shape index (κ1) is 25.3. The highest BCUT2D eigenvalue weighted by atomic mass is 19.1. The van der Waals surface area contributed by atoms with Gasteiger partial charge in [-0.2, -0.15) is 0 Å². The second-order valence-electron chi connectivity index (χ2n) is 10.4. The maximum Gasteiger partial charge on any atom is 0.322 e. The third-order valence-corrected chi connectivity index (χ3v) is 7.16. The lowest BCUT2D eigenvalue weighted by Crippen LogP contribution is -2.38. The molecule has 0 saturated heterocycles. The van der Waals surface area contributed by atoms with Crippen molar-refractivity contribution in [3.8, 4) is 0 Å². The van der Waals surface area contributed by atoms with Gasteiger partial charge in [-0.1, -0.05) is 50.2 Å². The Kier molecular flexibility index (Phi) is 6.53. The highest BCUT2D eigenvalue weighted by molar-refractivity contribution is 5.98. The molecule has 3 amide bonds. The molecule has 4 aromatic rings. The quantitative estimate of drug-likeness (QED) is 0.324. The van der Waals surface area contributed by atoms with E-state index >= 15 is 0 Å². The average molecular weight is 511 g/mol. The molecule has 1 atom stereocenters. The van der Waals surface area contributed by atoms with Crippen molar-refractivity contribution in [3.05, 3.63) is 107 Å². The number of anilines is 1. The van der Waals surface area contributed by atoms with Crippen molar-refractivity contribution in [1.82, 2.24) is 15.2 Å². The molecule has 0 fully saturated rings. The summed E-state index contributed by atoms with van der Waals surface area (Å²) in [6, 6.07) is 21.1. The van der Waals surface area contributed by atoms with Crippen LogP contribution < -0.4 is 10.2 Å². The van der Waals surface area contributed by atoms with E-state index in [9.17, 15) is 14.0 Å². The fourth-order valence-electron chi connectivity index (χ4n) is 5.11. The van der Waals surface area contributed by atoms with Crippen LogP contribution in [0, 0.1) is 5.82 Å². The second-order valence-corrected chi connectivity index (χ2v) is 10.4. The van der Waals surface area contributed by atoms with Crippen LogP contribution in [-0.2, 0) is 5.41 Å². The van der Waals surface area contributed by atoms with Crippen molar-refractivity contribution in [3.63, 3.8) is 0 Å². The molecule has 0 saturated carbocycles. The Labute approximate surface area is 221 Å². The van der Waals surface area contributed by atoms with Crippen LogP contribution in [0.15, 0.2) is 79.0 Å². The summed E-state index contributed by atoms with van der Waals surface area (Å²) in [6.45, 7) is 6.64. The smallest absolute Gasteiger partial charge is 0.322 e. The van der Waals surface area contributed by atoms with Crippen LogP contribution >= 0.6 is 0 Å². The molecular weight excluding hydrogens is 479 g/mol. The number of H-pyrrole nitrogens is 1. The van der Waals surface area contributed by atoms with Crippen molar-refractivity contribution in [1.29, 1.82) is 0 Å². The van der Waals surface area contributed by atoms with E-state index in [1.165, 1.54) is 24.3 Å². The summed E-state index contributed by atoms with van der Waals surface area (Å²) < 4.78 is 13.3. The largest absolute Gasteiger partial charge is 0.355 e. The number of benzene rings is 3. The molecule has 5 rings (SSSR count). The summed E-state index contributed by atoms with van der Waals surface area (Å²) >= 11 is 0. The number of carbonyl (C=O) groups is 2.